The van der Waals surface area contributed by atoms with Crippen LogP contribution in [0.15, 0.2) is 36.4 Å². The Kier molecular flexibility index (Phi) is 4.27. The molecular formula is C16H13F2NO4. The fraction of sp³-hybridized carbons (Fsp3) is 0.188. The van der Waals surface area contributed by atoms with Gasteiger partial charge < -0.3 is 19.5 Å². The zero-order valence-electron chi connectivity index (χ0n) is 12.0. The van der Waals surface area contributed by atoms with Crippen LogP contribution in [0.2, 0.25) is 0 Å². The highest BCUT2D eigenvalue weighted by Gasteiger charge is 2.13. The summed E-state index contributed by atoms with van der Waals surface area (Å²) in [5, 5.41) is 2.60. The van der Waals surface area contributed by atoms with Crippen molar-refractivity contribution in [2.24, 2.45) is 0 Å². The third kappa shape index (κ3) is 3.68. The lowest BCUT2D eigenvalue weighted by molar-refractivity contribution is -0.118. The second kappa shape index (κ2) is 6.51. The van der Waals surface area contributed by atoms with Gasteiger partial charge in [-0.2, -0.15) is 0 Å². The van der Waals surface area contributed by atoms with E-state index in [1.54, 1.807) is 18.2 Å². The van der Waals surface area contributed by atoms with Crippen LogP contribution in [0.5, 0.6) is 17.2 Å². The molecule has 3 rings (SSSR count). The van der Waals surface area contributed by atoms with E-state index in [1.165, 1.54) is 0 Å². The van der Waals surface area contributed by atoms with Gasteiger partial charge in [-0.15, -0.1) is 0 Å². The standard InChI is InChI=1S/C16H13F2NO4/c17-10-1-3-13(12(18)7-10)23-9-16(20)19-11-2-4-14-15(8-11)22-6-5-21-14/h1-4,7-8H,5-6,9H2,(H,19,20). The third-order valence-corrected chi connectivity index (χ3v) is 3.08. The summed E-state index contributed by atoms with van der Waals surface area (Å²) >= 11 is 0. The number of halogens is 2. The van der Waals surface area contributed by atoms with Crippen molar-refractivity contribution < 1.29 is 27.8 Å². The van der Waals surface area contributed by atoms with Gasteiger partial charge in [0.05, 0.1) is 0 Å². The van der Waals surface area contributed by atoms with Crippen molar-refractivity contribution in [3.8, 4) is 17.2 Å². The van der Waals surface area contributed by atoms with Crippen molar-refractivity contribution >= 4 is 11.6 Å². The van der Waals surface area contributed by atoms with E-state index in [1.807, 2.05) is 0 Å². The van der Waals surface area contributed by atoms with Gasteiger partial charge in [-0.3, -0.25) is 4.79 Å². The van der Waals surface area contributed by atoms with Gasteiger partial charge in [-0.1, -0.05) is 0 Å². The van der Waals surface area contributed by atoms with Gasteiger partial charge in [0.2, 0.25) is 0 Å². The first-order chi connectivity index (χ1) is 11.1. The minimum atomic E-state index is -0.864. The number of benzene rings is 2. The monoisotopic (exact) mass is 321 g/mol. The molecule has 1 heterocycles. The molecule has 23 heavy (non-hydrogen) atoms. The van der Waals surface area contributed by atoms with Crippen molar-refractivity contribution in [2.75, 3.05) is 25.1 Å². The van der Waals surface area contributed by atoms with E-state index in [2.05, 4.69) is 5.32 Å². The quantitative estimate of drug-likeness (QED) is 0.941. The molecule has 120 valence electrons. The van der Waals surface area contributed by atoms with Gasteiger partial charge in [0.1, 0.15) is 19.0 Å². The molecule has 0 aromatic heterocycles. The first-order valence-corrected chi connectivity index (χ1v) is 6.89. The molecule has 1 amide bonds. The molecule has 0 saturated heterocycles. The van der Waals surface area contributed by atoms with Crippen molar-refractivity contribution in [1.29, 1.82) is 0 Å². The predicted octanol–water partition coefficient (Wildman–Crippen LogP) is 2.75. The fourth-order valence-corrected chi connectivity index (χ4v) is 2.05. The van der Waals surface area contributed by atoms with E-state index in [0.717, 1.165) is 12.1 Å². The number of hydrogen-bond acceptors (Lipinski definition) is 4. The van der Waals surface area contributed by atoms with Crippen LogP contribution in [0.4, 0.5) is 14.5 Å². The number of fused-ring (bicyclic) bond motifs is 1. The molecule has 1 N–H and O–H groups in total. The SMILES string of the molecule is O=C(COc1ccc(F)cc1F)Nc1ccc2c(c1)OCCO2. The molecule has 0 saturated carbocycles. The zero-order valence-corrected chi connectivity index (χ0v) is 12.0. The molecule has 2 aromatic rings. The molecule has 2 aromatic carbocycles. The average molecular weight is 321 g/mol. The first kappa shape index (κ1) is 15.1. The summed E-state index contributed by atoms with van der Waals surface area (Å²) in [4.78, 5) is 11.8. The topological polar surface area (TPSA) is 56.8 Å². The summed E-state index contributed by atoms with van der Waals surface area (Å²) < 4.78 is 42.0. The molecule has 0 fully saturated rings. The maximum Gasteiger partial charge on any atom is 0.262 e. The second-order valence-corrected chi connectivity index (χ2v) is 4.77. The molecule has 0 atom stereocenters. The van der Waals surface area contributed by atoms with Crippen LogP contribution in [0.25, 0.3) is 0 Å². The summed E-state index contributed by atoms with van der Waals surface area (Å²) in [5.74, 6) is -1.10. The van der Waals surface area contributed by atoms with E-state index in [0.29, 0.717) is 36.5 Å². The van der Waals surface area contributed by atoms with E-state index in [-0.39, 0.29) is 5.75 Å². The summed E-state index contributed by atoms with van der Waals surface area (Å²) in [5.41, 5.74) is 0.502. The summed E-state index contributed by atoms with van der Waals surface area (Å²) in [6.45, 7) is 0.518. The smallest absolute Gasteiger partial charge is 0.262 e. The minimum Gasteiger partial charge on any atom is -0.486 e. The van der Waals surface area contributed by atoms with Gasteiger partial charge in [0.25, 0.3) is 5.91 Å². The van der Waals surface area contributed by atoms with Gasteiger partial charge in [0.15, 0.2) is 29.7 Å². The Bertz CT molecular complexity index is 736. The van der Waals surface area contributed by atoms with E-state index in [9.17, 15) is 13.6 Å². The third-order valence-electron chi connectivity index (χ3n) is 3.08. The molecule has 0 aliphatic carbocycles. The maximum atomic E-state index is 13.4. The Morgan fingerprint density at radius 1 is 1.09 bits per heavy atom. The van der Waals surface area contributed by atoms with Crippen molar-refractivity contribution in [1.82, 2.24) is 0 Å². The summed E-state index contributed by atoms with van der Waals surface area (Å²) in [7, 11) is 0. The zero-order chi connectivity index (χ0) is 16.2. The number of carbonyl (C=O) groups is 1. The van der Waals surface area contributed by atoms with E-state index < -0.39 is 24.1 Å². The highest BCUT2D eigenvalue weighted by atomic mass is 19.1. The maximum absolute atomic E-state index is 13.4. The molecule has 0 bridgehead atoms. The Hall–Kier alpha value is -2.83. The van der Waals surface area contributed by atoms with Crippen LogP contribution in [-0.2, 0) is 4.79 Å². The van der Waals surface area contributed by atoms with Gasteiger partial charge in [-0.25, -0.2) is 8.78 Å². The second-order valence-electron chi connectivity index (χ2n) is 4.77. The number of nitrogens with one attached hydrogen (secondary N) is 1. The highest BCUT2D eigenvalue weighted by molar-refractivity contribution is 5.92. The van der Waals surface area contributed by atoms with Crippen LogP contribution >= 0.6 is 0 Å². The van der Waals surface area contributed by atoms with Gasteiger partial charge in [-0.05, 0) is 24.3 Å². The predicted molar refractivity (Wildman–Crippen MR) is 77.9 cm³/mol. The normalized spacial score (nSPS) is 12.6. The largest absolute Gasteiger partial charge is 0.486 e. The number of carbonyl (C=O) groups excluding carboxylic acids is 1. The lowest BCUT2D eigenvalue weighted by Crippen LogP contribution is -2.21. The number of anilines is 1. The van der Waals surface area contributed by atoms with Crippen molar-refractivity contribution in [3.05, 3.63) is 48.0 Å². The lowest BCUT2D eigenvalue weighted by Gasteiger charge is -2.19. The van der Waals surface area contributed by atoms with Crippen LogP contribution in [0.1, 0.15) is 0 Å². The molecule has 1 aliphatic rings. The minimum absolute atomic E-state index is 0.191. The van der Waals surface area contributed by atoms with Gasteiger partial charge >= 0.3 is 0 Å². The molecule has 5 nitrogen and oxygen atoms in total. The molecule has 0 radical (unpaired) electrons. The Balaban J connectivity index is 1.59. The highest BCUT2D eigenvalue weighted by Crippen LogP contribution is 2.32. The number of ether oxygens (including phenoxy) is 3. The molecule has 0 unspecified atom stereocenters. The van der Waals surface area contributed by atoms with Crippen molar-refractivity contribution in [3.63, 3.8) is 0 Å². The lowest BCUT2D eigenvalue weighted by atomic mass is 10.2. The number of hydrogen-bond donors (Lipinski definition) is 1. The first-order valence-electron chi connectivity index (χ1n) is 6.89. The summed E-state index contributed by atoms with van der Waals surface area (Å²) in [6.07, 6.45) is 0. The Morgan fingerprint density at radius 3 is 2.65 bits per heavy atom. The van der Waals surface area contributed by atoms with Gasteiger partial charge in [0, 0.05) is 17.8 Å². The number of amides is 1. The average Bonchev–Trinajstić information content (AvgIpc) is 2.54. The van der Waals surface area contributed by atoms with Crippen LogP contribution in [0.3, 0.4) is 0 Å². The molecule has 1 aliphatic heterocycles. The summed E-state index contributed by atoms with van der Waals surface area (Å²) in [6, 6.07) is 7.84. The fourth-order valence-electron chi connectivity index (χ4n) is 2.05. The Morgan fingerprint density at radius 2 is 1.87 bits per heavy atom. The number of rotatable bonds is 4. The van der Waals surface area contributed by atoms with E-state index in [4.69, 9.17) is 14.2 Å². The van der Waals surface area contributed by atoms with Crippen LogP contribution in [0, 0.1) is 11.6 Å². The van der Waals surface area contributed by atoms with Crippen LogP contribution < -0.4 is 19.5 Å². The Labute approximate surface area is 130 Å². The molecular weight excluding hydrogens is 308 g/mol. The molecule has 0 spiro atoms. The molecule has 7 heteroatoms. The van der Waals surface area contributed by atoms with Crippen molar-refractivity contribution in [2.45, 2.75) is 0 Å². The van der Waals surface area contributed by atoms with Crippen LogP contribution in [-0.4, -0.2) is 25.7 Å². The van der Waals surface area contributed by atoms with E-state index >= 15 is 0 Å².